The van der Waals surface area contributed by atoms with Crippen molar-refractivity contribution in [1.82, 2.24) is 10.1 Å². The quantitative estimate of drug-likeness (QED) is 0.656. The highest BCUT2D eigenvalue weighted by Gasteiger charge is 2.07. The van der Waals surface area contributed by atoms with Crippen LogP contribution in [0.3, 0.4) is 0 Å². The SMILES string of the molecule is NC(=O)c1cc(NCc2ncon2)ccc1N. The van der Waals surface area contributed by atoms with Gasteiger partial charge in [0, 0.05) is 11.4 Å². The van der Waals surface area contributed by atoms with E-state index in [-0.39, 0.29) is 5.56 Å². The Morgan fingerprint density at radius 2 is 2.29 bits per heavy atom. The second-order valence-electron chi connectivity index (χ2n) is 3.37. The molecule has 0 spiro atoms. The lowest BCUT2D eigenvalue weighted by molar-refractivity contribution is 0.100. The van der Waals surface area contributed by atoms with Gasteiger partial charge in [-0.2, -0.15) is 4.98 Å². The standard InChI is InChI=1S/C10H11N5O2/c11-8-2-1-6(3-7(8)10(12)16)13-4-9-14-5-17-15-9/h1-3,5,13H,4,11H2,(H2,12,16). The van der Waals surface area contributed by atoms with E-state index in [4.69, 9.17) is 11.5 Å². The van der Waals surface area contributed by atoms with E-state index in [0.717, 1.165) is 0 Å². The number of benzene rings is 1. The predicted molar refractivity (Wildman–Crippen MR) is 61.0 cm³/mol. The summed E-state index contributed by atoms with van der Waals surface area (Å²) < 4.78 is 4.59. The average Bonchev–Trinajstić information content (AvgIpc) is 2.80. The Bertz CT molecular complexity index is 523. The number of rotatable bonds is 4. The first-order valence-corrected chi connectivity index (χ1v) is 4.85. The lowest BCUT2D eigenvalue weighted by Gasteiger charge is -2.07. The van der Waals surface area contributed by atoms with Crippen LogP contribution in [0.4, 0.5) is 11.4 Å². The fourth-order valence-corrected chi connectivity index (χ4v) is 1.33. The van der Waals surface area contributed by atoms with E-state index < -0.39 is 5.91 Å². The maximum absolute atomic E-state index is 11.1. The number of hydrogen-bond acceptors (Lipinski definition) is 6. The van der Waals surface area contributed by atoms with E-state index in [9.17, 15) is 4.79 Å². The molecule has 1 heterocycles. The molecule has 1 aromatic heterocycles. The highest BCUT2D eigenvalue weighted by atomic mass is 16.5. The predicted octanol–water partition coefficient (Wildman–Crippen LogP) is 0.363. The molecule has 2 aromatic rings. The molecule has 0 saturated carbocycles. The van der Waals surface area contributed by atoms with E-state index in [2.05, 4.69) is 20.0 Å². The number of amides is 1. The summed E-state index contributed by atoms with van der Waals surface area (Å²) in [4.78, 5) is 14.9. The molecule has 0 radical (unpaired) electrons. The summed E-state index contributed by atoms with van der Waals surface area (Å²) in [5.41, 5.74) is 12.1. The molecule has 1 aromatic carbocycles. The molecule has 88 valence electrons. The topological polar surface area (TPSA) is 120 Å². The monoisotopic (exact) mass is 233 g/mol. The van der Waals surface area contributed by atoms with Crippen molar-refractivity contribution >= 4 is 17.3 Å². The maximum Gasteiger partial charge on any atom is 0.250 e. The first-order chi connectivity index (χ1) is 8.16. The van der Waals surface area contributed by atoms with Crippen molar-refractivity contribution in [3.63, 3.8) is 0 Å². The minimum absolute atomic E-state index is 0.281. The largest absolute Gasteiger partial charge is 0.398 e. The third-order valence-corrected chi connectivity index (χ3v) is 2.18. The number of nitrogen functional groups attached to an aromatic ring is 1. The van der Waals surface area contributed by atoms with Crippen LogP contribution in [-0.2, 0) is 6.54 Å². The van der Waals surface area contributed by atoms with E-state index in [1.54, 1.807) is 18.2 Å². The molecular formula is C10H11N5O2. The molecule has 0 aliphatic heterocycles. The highest BCUT2D eigenvalue weighted by Crippen LogP contribution is 2.17. The Kier molecular flexibility index (Phi) is 2.91. The Morgan fingerprint density at radius 3 is 2.94 bits per heavy atom. The van der Waals surface area contributed by atoms with Crippen LogP contribution in [0.25, 0.3) is 0 Å². The zero-order valence-electron chi connectivity index (χ0n) is 8.88. The maximum atomic E-state index is 11.1. The molecule has 7 nitrogen and oxygen atoms in total. The second-order valence-corrected chi connectivity index (χ2v) is 3.37. The summed E-state index contributed by atoms with van der Waals surface area (Å²) in [5, 5.41) is 6.66. The second kappa shape index (κ2) is 4.52. The van der Waals surface area contributed by atoms with Crippen molar-refractivity contribution in [3.8, 4) is 0 Å². The molecule has 0 aliphatic rings. The lowest BCUT2D eigenvalue weighted by Crippen LogP contribution is -2.14. The molecule has 5 N–H and O–H groups in total. The van der Waals surface area contributed by atoms with Gasteiger partial charge >= 0.3 is 0 Å². The number of nitrogens with one attached hydrogen (secondary N) is 1. The van der Waals surface area contributed by atoms with Gasteiger partial charge in [-0.25, -0.2) is 0 Å². The zero-order valence-corrected chi connectivity index (χ0v) is 8.88. The summed E-state index contributed by atoms with van der Waals surface area (Å²) in [6.07, 6.45) is 1.24. The van der Waals surface area contributed by atoms with Gasteiger partial charge in [-0.15, -0.1) is 0 Å². The number of primary amides is 1. The van der Waals surface area contributed by atoms with Gasteiger partial charge < -0.3 is 21.3 Å². The molecule has 0 saturated heterocycles. The molecule has 0 atom stereocenters. The molecule has 0 bridgehead atoms. The van der Waals surface area contributed by atoms with Crippen molar-refractivity contribution in [2.24, 2.45) is 5.73 Å². The van der Waals surface area contributed by atoms with Crippen molar-refractivity contribution < 1.29 is 9.32 Å². The van der Waals surface area contributed by atoms with Crippen molar-refractivity contribution in [1.29, 1.82) is 0 Å². The van der Waals surface area contributed by atoms with Crippen LogP contribution in [0.5, 0.6) is 0 Å². The van der Waals surface area contributed by atoms with E-state index in [1.165, 1.54) is 6.39 Å². The van der Waals surface area contributed by atoms with Crippen LogP contribution in [0.1, 0.15) is 16.2 Å². The smallest absolute Gasteiger partial charge is 0.250 e. The van der Waals surface area contributed by atoms with Gasteiger partial charge in [-0.1, -0.05) is 5.16 Å². The van der Waals surface area contributed by atoms with E-state index >= 15 is 0 Å². The fourth-order valence-electron chi connectivity index (χ4n) is 1.33. The van der Waals surface area contributed by atoms with Gasteiger partial charge in [0.25, 0.3) is 5.91 Å². The van der Waals surface area contributed by atoms with Crippen LogP contribution in [-0.4, -0.2) is 16.0 Å². The summed E-state index contributed by atoms with van der Waals surface area (Å²) >= 11 is 0. The zero-order chi connectivity index (χ0) is 12.3. The molecule has 7 heteroatoms. The van der Waals surface area contributed by atoms with Gasteiger partial charge in [0.2, 0.25) is 6.39 Å². The molecule has 1 amide bonds. The van der Waals surface area contributed by atoms with Crippen LogP contribution in [0.15, 0.2) is 29.1 Å². The lowest BCUT2D eigenvalue weighted by atomic mass is 10.1. The normalized spacial score (nSPS) is 10.1. The number of anilines is 2. The Balaban J connectivity index is 2.11. The molecule has 0 unspecified atom stereocenters. The highest BCUT2D eigenvalue weighted by molar-refractivity contribution is 5.98. The van der Waals surface area contributed by atoms with Gasteiger partial charge in [0.15, 0.2) is 5.82 Å². The van der Waals surface area contributed by atoms with Crippen LogP contribution >= 0.6 is 0 Å². The minimum atomic E-state index is -0.564. The third-order valence-electron chi connectivity index (χ3n) is 2.18. The van der Waals surface area contributed by atoms with Crippen LogP contribution in [0, 0.1) is 0 Å². The third kappa shape index (κ3) is 2.51. The van der Waals surface area contributed by atoms with Gasteiger partial charge in [-0.05, 0) is 18.2 Å². The summed E-state index contributed by atoms with van der Waals surface area (Å²) in [6.45, 7) is 0.388. The molecular weight excluding hydrogens is 222 g/mol. The number of nitrogens with two attached hydrogens (primary N) is 2. The molecule has 2 rings (SSSR count). The van der Waals surface area contributed by atoms with Crippen molar-refractivity contribution in [2.45, 2.75) is 6.54 Å². The number of nitrogens with zero attached hydrogens (tertiary/aromatic N) is 2. The first kappa shape index (κ1) is 10.9. The van der Waals surface area contributed by atoms with E-state index in [0.29, 0.717) is 23.7 Å². The van der Waals surface area contributed by atoms with Gasteiger partial charge in [-0.3, -0.25) is 4.79 Å². The van der Waals surface area contributed by atoms with E-state index in [1.807, 2.05) is 0 Å². The van der Waals surface area contributed by atoms with Crippen LogP contribution in [0.2, 0.25) is 0 Å². The molecule has 17 heavy (non-hydrogen) atoms. The number of aromatic nitrogens is 2. The fraction of sp³-hybridized carbons (Fsp3) is 0.100. The minimum Gasteiger partial charge on any atom is -0.398 e. The summed E-state index contributed by atoms with van der Waals surface area (Å²) in [6, 6.07) is 4.93. The molecule has 0 aliphatic carbocycles. The Hall–Kier alpha value is -2.57. The van der Waals surface area contributed by atoms with Crippen LogP contribution < -0.4 is 16.8 Å². The number of carbonyl (C=O) groups excluding carboxylic acids is 1. The number of hydrogen-bond donors (Lipinski definition) is 3. The first-order valence-electron chi connectivity index (χ1n) is 4.85. The Morgan fingerprint density at radius 1 is 1.47 bits per heavy atom. The molecule has 0 fully saturated rings. The summed E-state index contributed by atoms with van der Waals surface area (Å²) in [5.74, 6) is -0.0480. The van der Waals surface area contributed by atoms with Gasteiger partial charge in [0.1, 0.15) is 0 Å². The van der Waals surface area contributed by atoms with Gasteiger partial charge in [0.05, 0.1) is 12.1 Å². The average molecular weight is 233 g/mol. The van der Waals surface area contributed by atoms with Crippen molar-refractivity contribution in [2.75, 3.05) is 11.1 Å². The Labute approximate surface area is 96.8 Å². The van der Waals surface area contributed by atoms with Crippen molar-refractivity contribution in [3.05, 3.63) is 36.0 Å². The number of carbonyl (C=O) groups is 1. The summed E-state index contributed by atoms with van der Waals surface area (Å²) in [7, 11) is 0.